The second-order valence-corrected chi connectivity index (χ2v) is 6.94. The number of amides is 1. The molecule has 0 aliphatic rings. The number of carbonyl (C=O) groups is 2. The molecule has 0 aromatic heterocycles. The van der Waals surface area contributed by atoms with Crippen molar-refractivity contribution in [2.45, 2.75) is 65.2 Å². The lowest BCUT2D eigenvalue weighted by atomic mass is 10.2. The second-order valence-electron chi connectivity index (χ2n) is 6.29. The van der Waals surface area contributed by atoms with E-state index in [0.717, 1.165) is 0 Å². The predicted octanol–water partition coefficient (Wildman–Crippen LogP) is 3.01. The second kappa shape index (κ2) is 7.12. The molecule has 0 radical (unpaired) electrons. The highest BCUT2D eigenvalue weighted by Crippen LogP contribution is 2.11. The van der Waals surface area contributed by atoms with Crippen molar-refractivity contribution in [3.8, 4) is 0 Å². The summed E-state index contributed by atoms with van der Waals surface area (Å²) in [5, 5.41) is 3.08. The third kappa shape index (κ3) is 10.8. The molecule has 0 heterocycles. The van der Waals surface area contributed by atoms with Gasteiger partial charge in [0.1, 0.15) is 11.2 Å². The van der Waals surface area contributed by atoms with E-state index in [1.165, 1.54) is 0 Å². The van der Waals surface area contributed by atoms with Crippen LogP contribution in [0.5, 0.6) is 0 Å². The fraction of sp³-hybridized carbons (Fsp3) is 0.846. The fourth-order valence-corrected chi connectivity index (χ4v) is 1.59. The third-order valence-electron chi connectivity index (χ3n) is 1.74. The van der Waals surface area contributed by atoms with Crippen LogP contribution in [0.1, 0.15) is 48.0 Å². The van der Waals surface area contributed by atoms with Gasteiger partial charge in [-0.1, -0.05) is 15.9 Å². The van der Waals surface area contributed by atoms with Crippen LogP contribution < -0.4 is 5.32 Å². The van der Waals surface area contributed by atoms with Crippen molar-refractivity contribution in [3.05, 3.63) is 0 Å². The van der Waals surface area contributed by atoms with E-state index in [1.807, 2.05) is 0 Å². The minimum Gasteiger partial charge on any atom is -0.460 e. The van der Waals surface area contributed by atoms with Crippen molar-refractivity contribution in [2.24, 2.45) is 0 Å². The highest BCUT2D eigenvalue weighted by Gasteiger charge is 2.23. The fourth-order valence-electron chi connectivity index (χ4n) is 1.20. The molecule has 0 aliphatic heterocycles. The third-order valence-corrected chi connectivity index (χ3v) is 2.52. The standard InChI is InChI=1S/C13H24BrNO4/c1-12(2,3)18-10(16)7-9(8-14)15-11(17)19-13(4,5)6/h9H,7-8H2,1-6H3,(H,15,17)/t9-/m0/s1. The molecular formula is C13H24BrNO4. The molecule has 0 aromatic carbocycles. The number of nitrogens with one attached hydrogen (secondary N) is 1. The molecule has 19 heavy (non-hydrogen) atoms. The summed E-state index contributed by atoms with van der Waals surface area (Å²) in [4.78, 5) is 23.2. The molecule has 0 rings (SSSR count). The Morgan fingerprint density at radius 2 is 1.53 bits per heavy atom. The molecule has 0 unspecified atom stereocenters. The number of halogens is 1. The molecular weight excluding hydrogens is 314 g/mol. The zero-order valence-corrected chi connectivity index (χ0v) is 14.1. The van der Waals surface area contributed by atoms with E-state index in [4.69, 9.17) is 9.47 Å². The predicted molar refractivity (Wildman–Crippen MR) is 77.4 cm³/mol. The minimum absolute atomic E-state index is 0.0990. The summed E-state index contributed by atoms with van der Waals surface area (Å²) < 4.78 is 10.3. The topological polar surface area (TPSA) is 64.6 Å². The summed E-state index contributed by atoms with van der Waals surface area (Å²) in [5.74, 6) is -0.354. The number of alkyl halides is 1. The number of alkyl carbamates (subject to hydrolysis) is 1. The molecule has 112 valence electrons. The van der Waals surface area contributed by atoms with Gasteiger partial charge in [0.15, 0.2) is 0 Å². The van der Waals surface area contributed by atoms with Crippen molar-refractivity contribution >= 4 is 28.0 Å². The van der Waals surface area contributed by atoms with Gasteiger partial charge in [0.25, 0.3) is 0 Å². The van der Waals surface area contributed by atoms with Crippen molar-refractivity contribution < 1.29 is 19.1 Å². The lowest BCUT2D eigenvalue weighted by Crippen LogP contribution is -2.42. The van der Waals surface area contributed by atoms with Crippen LogP contribution in [0.4, 0.5) is 4.79 Å². The molecule has 0 bridgehead atoms. The van der Waals surface area contributed by atoms with E-state index in [-0.39, 0.29) is 18.4 Å². The van der Waals surface area contributed by atoms with Crippen molar-refractivity contribution in [2.75, 3.05) is 5.33 Å². The summed E-state index contributed by atoms with van der Waals surface area (Å²) in [6, 6.07) is -0.357. The number of hydrogen-bond donors (Lipinski definition) is 1. The van der Waals surface area contributed by atoms with Crippen LogP contribution in [0.3, 0.4) is 0 Å². The average molecular weight is 338 g/mol. The lowest BCUT2D eigenvalue weighted by Gasteiger charge is -2.24. The molecule has 0 aliphatic carbocycles. The first-order chi connectivity index (χ1) is 8.43. The first kappa shape index (κ1) is 18.2. The number of ether oxygens (including phenoxy) is 2. The van der Waals surface area contributed by atoms with Crippen LogP contribution in [0.25, 0.3) is 0 Å². The molecule has 6 heteroatoms. The van der Waals surface area contributed by atoms with Gasteiger partial charge >= 0.3 is 12.1 Å². The summed E-state index contributed by atoms with van der Waals surface area (Å²) in [6.07, 6.45) is -0.442. The van der Waals surface area contributed by atoms with Crippen molar-refractivity contribution in [3.63, 3.8) is 0 Å². The molecule has 0 aromatic rings. The van der Waals surface area contributed by atoms with Crippen LogP contribution >= 0.6 is 15.9 Å². The summed E-state index contributed by atoms with van der Waals surface area (Å²) in [7, 11) is 0. The van der Waals surface area contributed by atoms with Gasteiger partial charge in [0, 0.05) is 5.33 Å². The van der Waals surface area contributed by atoms with Gasteiger partial charge in [0.05, 0.1) is 12.5 Å². The largest absolute Gasteiger partial charge is 0.460 e. The smallest absolute Gasteiger partial charge is 0.407 e. The molecule has 0 spiro atoms. The number of esters is 1. The van der Waals surface area contributed by atoms with Crippen LogP contribution in [-0.2, 0) is 14.3 Å². The number of carbonyl (C=O) groups excluding carboxylic acids is 2. The van der Waals surface area contributed by atoms with Gasteiger partial charge in [-0.15, -0.1) is 0 Å². The van der Waals surface area contributed by atoms with Gasteiger partial charge in [0.2, 0.25) is 0 Å². The number of rotatable bonds is 4. The summed E-state index contributed by atoms with van der Waals surface area (Å²) in [6.45, 7) is 10.7. The Bertz CT molecular complexity index is 288. The summed E-state index contributed by atoms with van der Waals surface area (Å²) in [5.41, 5.74) is -1.09. The molecule has 1 N–H and O–H groups in total. The Morgan fingerprint density at radius 1 is 1.05 bits per heavy atom. The van der Waals surface area contributed by atoms with E-state index in [2.05, 4.69) is 21.2 Å². The summed E-state index contributed by atoms with van der Waals surface area (Å²) >= 11 is 3.25. The van der Waals surface area contributed by atoms with Gasteiger partial charge < -0.3 is 14.8 Å². The van der Waals surface area contributed by atoms with Crippen LogP contribution in [0, 0.1) is 0 Å². The van der Waals surface area contributed by atoms with E-state index in [1.54, 1.807) is 41.5 Å². The normalized spacial score (nSPS) is 13.6. The van der Waals surface area contributed by atoms with Crippen LogP contribution in [0.2, 0.25) is 0 Å². The maximum Gasteiger partial charge on any atom is 0.407 e. The Hall–Kier alpha value is -0.780. The van der Waals surface area contributed by atoms with Gasteiger partial charge in [-0.25, -0.2) is 4.79 Å². The first-order valence-electron chi connectivity index (χ1n) is 6.20. The molecule has 5 nitrogen and oxygen atoms in total. The molecule has 1 amide bonds. The Kier molecular flexibility index (Phi) is 6.83. The lowest BCUT2D eigenvalue weighted by molar-refractivity contribution is -0.155. The highest BCUT2D eigenvalue weighted by molar-refractivity contribution is 9.09. The van der Waals surface area contributed by atoms with E-state index in [9.17, 15) is 9.59 Å². The SMILES string of the molecule is CC(C)(C)OC(=O)C[C@@H](CBr)NC(=O)OC(C)(C)C. The Labute approximate surface area is 123 Å². The molecule has 0 saturated heterocycles. The quantitative estimate of drug-likeness (QED) is 0.632. The van der Waals surface area contributed by atoms with E-state index in [0.29, 0.717) is 5.33 Å². The van der Waals surface area contributed by atoms with E-state index < -0.39 is 17.3 Å². The Morgan fingerprint density at radius 3 is 1.89 bits per heavy atom. The number of hydrogen-bond acceptors (Lipinski definition) is 4. The maximum absolute atomic E-state index is 11.7. The van der Waals surface area contributed by atoms with Crippen LogP contribution in [0.15, 0.2) is 0 Å². The monoisotopic (exact) mass is 337 g/mol. The average Bonchev–Trinajstić information content (AvgIpc) is 2.10. The van der Waals surface area contributed by atoms with Crippen molar-refractivity contribution in [1.82, 2.24) is 5.32 Å². The Balaban J connectivity index is 4.29. The zero-order chi connectivity index (χ0) is 15.3. The zero-order valence-electron chi connectivity index (χ0n) is 12.5. The van der Waals surface area contributed by atoms with Gasteiger partial charge in [-0.2, -0.15) is 0 Å². The minimum atomic E-state index is -0.563. The molecule has 1 atom stereocenters. The van der Waals surface area contributed by atoms with Crippen LogP contribution in [-0.4, -0.2) is 34.6 Å². The highest BCUT2D eigenvalue weighted by atomic mass is 79.9. The first-order valence-corrected chi connectivity index (χ1v) is 7.32. The van der Waals surface area contributed by atoms with E-state index >= 15 is 0 Å². The van der Waals surface area contributed by atoms with Crippen molar-refractivity contribution in [1.29, 1.82) is 0 Å². The molecule has 0 fully saturated rings. The van der Waals surface area contributed by atoms with Gasteiger partial charge in [-0.05, 0) is 41.5 Å². The maximum atomic E-state index is 11.7. The van der Waals surface area contributed by atoms with Gasteiger partial charge in [-0.3, -0.25) is 4.79 Å². The molecule has 0 saturated carbocycles.